The van der Waals surface area contributed by atoms with Gasteiger partial charge in [-0.05, 0) is 135 Å². The molecule has 75 heavy (non-hydrogen) atoms. The summed E-state index contributed by atoms with van der Waals surface area (Å²) in [6, 6.07) is 0. The summed E-state index contributed by atoms with van der Waals surface area (Å²) in [5.74, 6) is -0.994. The zero-order valence-corrected chi connectivity index (χ0v) is 48.3. The Labute approximate surface area is 461 Å². The lowest BCUT2D eigenvalue weighted by Gasteiger charge is -2.18. The largest absolute Gasteiger partial charge is 0.462 e. The third-order valence-electron chi connectivity index (χ3n) is 12.3. The Morgan fingerprint density at radius 3 is 0.853 bits per heavy atom. The molecule has 0 aromatic carbocycles. The maximum atomic E-state index is 12.9. The van der Waals surface area contributed by atoms with E-state index in [0.29, 0.717) is 19.3 Å². The summed E-state index contributed by atoms with van der Waals surface area (Å²) >= 11 is 0. The highest BCUT2D eigenvalue weighted by atomic mass is 16.6. The molecule has 0 aromatic rings. The molecule has 6 heteroatoms. The second-order valence-corrected chi connectivity index (χ2v) is 19.5. The normalized spacial score (nSPS) is 13.2. The Balaban J connectivity index is 4.51. The molecule has 0 aliphatic heterocycles. The van der Waals surface area contributed by atoms with Crippen molar-refractivity contribution in [3.05, 3.63) is 146 Å². The molecule has 0 saturated heterocycles. The van der Waals surface area contributed by atoms with Gasteiger partial charge >= 0.3 is 17.9 Å². The van der Waals surface area contributed by atoms with Crippen molar-refractivity contribution in [3.63, 3.8) is 0 Å². The molecule has 422 valence electrons. The van der Waals surface area contributed by atoms with Crippen LogP contribution in [0.15, 0.2) is 146 Å². The first-order chi connectivity index (χ1) is 37.0. The standard InChI is InChI=1S/C69H110O6/c1-4-7-10-13-16-19-22-25-28-31-32-33-34-35-36-39-41-44-47-50-53-56-59-62-68(71)74-65-66(75-69(72)63-60-57-54-51-48-45-42-38-30-27-24-21-18-15-12-9-6-3)64-73-67(70)61-58-55-52-49-46-43-40-37-29-26-23-20-17-14-11-8-5-2/h7,9-10,12,16-21,25-30,32-33,35-36,42,45,51,54,66H,4-6,8,11,13-15,22-24,31,34,37-41,43-44,46-50,52-53,55-65H2,1-3H3/b10-7-,12-9-,19-16-,20-17-,21-18-,28-25-,29-26-,30-27-,33-32-,36-35-,45-42-,54-51-. The number of hydrogen-bond acceptors (Lipinski definition) is 6. The number of ether oxygens (including phenoxy) is 3. The van der Waals surface area contributed by atoms with Gasteiger partial charge in [0, 0.05) is 19.3 Å². The fraction of sp³-hybridized carbons (Fsp3) is 0.609. The zero-order valence-electron chi connectivity index (χ0n) is 48.3. The van der Waals surface area contributed by atoms with Gasteiger partial charge in [-0.25, -0.2) is 0 Å². The first-order valence-electron chi connectivity index (χ1n) is 30.3. The second kappa shape index (κ2) is 61.8. The van der Waals surface area contributed by atoms with Gasteiger partial charge in [0.25, 0.3) is 0 Å². The molecule has 1 atom stereocenters. The van der Waals surface area contributed by atoms with E-state index in [1.54, 1.807) is 0 Å². The summed E-state index contributed by atoms with van der Waals surface area (Å²) in [5, 5.41) is 0. The van der Waals surface area contributed by atoms with Crippen LogP contribution in [0.5, 0.6) is 0 Å². The van der Waals surface area contributed by atoms with E-state index >= 15 is 0 Å². The number of allylic oxidation sites excluding steroid dienone is 24. The number of rotatable bonds is 53. The number of esters is 3. The molecule has 0 fully saturated rings. The average molecular weight is 1040 g/mol. The Bertz CT molecular complexity index is 1660. The van der Waals surface area contributed by atoms with E-state index < -0.39 is 6.10 Å². The van der Waals surface area contributed by atoms with Gasteiger partial charge < -0.3 is 14.2 Å². The van der Waals surface area contributed by atoms with E-state index in [4.69, 9.17) is 14.2 Å². The molecule has 0 heterocycles. The summed E-state index contributed by atoms with van der Waals surface area (Å²) < 4.78 is 16.8. The molecule has 0 N–H and O–H groups in total. The highest BCUT2D eigenvalue weighted by Gasteiger charge is 2.19. The van der Waals surface area contributed by atoms with E-state index in [2.05, 4.69) is 167 Å². The number of carbonyl (C=O) groups is 3. The minimum Gasteiger partial charge on any atom is -0.462 e. The van der Waals surface area contributed by atoms with Crippen LogP contribution in [0, 0.1) is 0 Å². The summed E-state index contributed by atoms with van der Waals surface area (Å²) in [7, 11) is 0. The first kappa shape index (κ1) is 70.3. The average Bonchev–Trinajstić information content (AvgIpc) is 3.41. The molecular formula is C69H110O6. The van der Waals surface area contributed by atoms with Crippen LogP contribution in [0.25, 0.3) is 0 Å². The lowest BCUT2D eigenvalue weighted by molar-refractivity contribution is -0.167. The maximum absolute atomic E-state index is 12.9. The fourth-order valence-corrected chi connectivity index (χ4v) is 7.83. The quantitative estimate of drug-likeness (QED) is 0.0261. The highest BCUT2D eigenvalue weighted by molar-refractivity contribution is 5.71. The molecule has 0 rings (SSSR count). The van der Waals surface area contributed by atoms with Crippen molar-refractivity contribution in [1.29, 1.82) is 0 Å². The van der Waals surface area contributed by atoms with Crippen molar-refractivity contribution in [2.75, 3.05) is 13.2 Å². The number of carbonyl (C=O) groups excluding carboxylic acids is 3. The van der Waals surface area contributed by atoms with Gasteiger partial charge in [-0.1, -0.05) is 244 Å². The number of hydrogen-bond donors (Lipinski definition) is 0. The van der Waals surface area contributed by atoms with Gasteiger partial charge in [0.15, 0.2) is 6.10 Å². The summed E-state index contributed by atoms with van der Waals surface area (Å²) in [6.07, 6.45) is 88.4. The SMILES string of the molecule is CC/C=C\C/C=C\C/C=C\C/C=C\C/C=C\CCCCCCCCCC(=O)OCC(COC(=O)CCCCCCCCC/C=C\C/C=C\CCCCC)OC(=O)CCC/C=C\C/C=C\C/C=C\C/C=C\C/C=C\CC. The van der Waals surface area contributed by atoms with Crippen molar-refractivity contribution < 1.29 is 28.6 Å². The molecule has 0 aliphatic carbocycles. The molecule has 1 unspecified atom stereocenters. The Hall–Kier alpha value is -4.71. The van der Waals surface area contributed by atoms with Crippen LogP contribution < -0.4 is 0 Å². The van der Waals surface area contributed by atoms with Gasteiger partial charge in [0.2, 0.25) is 0 Å². The smallest absolute Gasteiger partial charge is 0.306 e. The highest BCUT2D eigenvalue weighted by Crippen LogP contribution is 2.14. The van der Waals surface area contributed by atoms with Crippen molar-refractivity contribution in [3.8, 4) is 0 Å². The van der Waals surface area contributed by atoms with Crippen molar-refractivity contribution in [2.24, 2.45) is 0 Å². The van der Waals surface area contributed by atoms with Crippen molar-refractivity contribution in [2.45, 2.75) is 258 Å². The van der Waals surface area contributed by atoms with E-state index in [0.717, 1.165) is 128 Å². The van der Waals surface area contributed by atoms with Gasteiger partial charge in [-0.3, -0.25) is 14.4 Å². The predicted octanol–water partition coefficient (Wildman–Crippen LogP) is 20.8. The minimum absolute atomic E-state index is 0.114. The molecule has 0 saturated carbocycles. The lowest BCUT2D eigenvalue weighted by atomic mass is 10.1. The van der Waals surface area contributed by atoms with E-state index in [1.165, 1.54) is 77.0 Å². The molecule has 0 spiro atoms. The van der Waals surface area contributed by atoms with Gasteiger partial charge in [0.1, 0.15) is 13.2 Å². The van der Waals surface area contributed by atoms with Crippen LogP contribution in [0.2, 0.25) is 0 Å². The molecule has 0 amide bonds. The topological polar surface area (TPSA) is 78.9 Å². The van der Waals surface area contributed by atoms with Crippen LogP contribution in [-0.4, -0.2) is 37.2 Å². The van der Waals surface area contributed by atoms with Crippen LogP contribution in [0.3, 0.4) is 0 Å². The summed E-state index contributed by atoms with van der Waals surface area (Å²) in [6.45, 7) is 6.32. The molecule has 6 nitrogen and oxygen atoms in total. The predicted molar refractivity (Wildman–Crippen MR) is 325 cm³/mol. The summed E-state index contributed by atoms with van der Waals surface area (Å²) in [4.78, 5) is 38.3. The monoisotopic (exact) mass is 1030 g/mol. The molecule has 0 aromatic heterocycles. The van der Waals surface area contributed by atoms with Crippen LogP contribution in [-0.2, 0) is 28.6 Å². The van der Waals surface area contributed by atoms with E-state index in [-0.39, 0.29) is 37.5 Å². The van der Waals surface area contributed by atoms with Crippen molar-refractivity contribution >= 4 is 17.9 Å². The number of unbranched alkanes of at least 4 members (excludes halogenated alkanes) is 18. The maximum Gasteiger partial charge on any atom is 0.306 e. The van der Waals surface area contributed by atoms with Gasteiger partial charge in [-0.15, -0.1) is 0 Å². The minimum atomic E-state index is -0.824. The Morgan fingerprint density at radius 2 is 0.533 bits per heavy atom. The second-order valence-electron chi connectivity index (χ2n) is 19.5. The third-order valence-corrected chi connectivity index (χ3v) is 12.3. The molecular weight excluding hydrogens is 925 g/mol. The lowest BCUT2D eigenvalue weighted by Crippen LogP contribution is -2.30. The van der Waals surface area contributed by atoms with Crippen LogP contribution >= 0.6 is 0 Å². The van der Waals surface area contributed by atoms with Crippen LogP contribution in [0.1, 0.15) is 252 Å². The van der Waals surface area contributed by atoms with Crippen molar-refractivity contribution in [1.82, 2.24) is 0 Å². The fourth-order valence-electron chi connectivity index (χ4n) is 7.83. The van der Waals surface area contributed by atoms with E-state index in [9.17, 15) is 14.4 Å². The Kier molecular flexibility index (Phi) is 58.0. The first-order valence-corrected chi connectivity index (χ1v) is 30.3. The molecule has 0 radical (unpaired) electrons. The third kappa shape index (κ3) is 60.0. The molecule has 0 bridgehead atoms. The van der Waals surface area contributed by atoms with Crippen LogP contribution in [0.4, 0.5) is 0 Å². The summed E-state index contributed by atoms with van der Waals surface area (Å²) in [5.41, 5.74) is 0. The molecule has 0 aliphatic rings. The van der Waals surface area contributed by atoms with Gasteiger partial charge in [-0.2, -0.15) is 0 Å². The zero-order chi connectivity index (χ0) is 54.3. The van der Waals surface area contributed by atoms with E-state index in [1.807, 2.05) is 0 Å². The Morgan fingerprint density at radius 1 is 0.280 bits per heavy atom. The van der Waals surface area contributed by atoms with Gasteiger partial charge in [0.05, 0.1) is 0 Å².